The van der Waals surface area contributed by atoms with E-state index in [-0.39, 0.29) is 0 Å². The maximum atomic E-state index is 5.42. The van der Waals surface area contributed by atoms with E-state index in [0.717, 1.165) is 45.2 Å². The molecule has 0 aliphatic carbocycles. The van der Waals surface area contributed by atoms with Gasteiger partial charge in [-0.2, -0.15) is 0 Å². The average Bonchev–Trinajstić information content (AvgIpc) is 2.25. The van der Waals surface area contributed by atoms with Crippen LogP contribution in [-0.4, -0.2) is 40.0 Å². The van der Waals surface area contributed by atoms with Crippen LogP contribution in [0.5, 0.6) is 0 Å². The molecule has 0 amide bonds. The summed E-state index contributed by atoms with van der Waals surface area (Å²) in [5, 5.41) is 3.48. The van der Waals surface area contributed by atoms with Crippen LogP contribution in [0.25, 0.3) is 0 Å². The van der Waals surface area contributed by atoms with Gasteiger partial charge in [-0.25, -0.2) is 0 Å². The molecule has 1 unspecified atom stereocenters. The van der Waals surface area contributed by atoms with Crippen molar-refractivity contribution in [3.05, 3.63) is 0 Å². The standard InChI is InChI=1S/C11H23NO2/c1-13-7-3-2-6-12-9-11-5-4-8-14-10-11/h11-12H,2-10H2,1H3. The summed E-state index contributed by atoms with van der Waals surface area (Å²) in [5.41, 5.74) is 0. The SMILES string of the molecule is COCCCCNCC1CCCOC1. The van der Waals surface area contributed by atoms with E-state index in [9.17, 15) is 0 Å². The number of nitrogens with one attached hydrogen (secondary N) is 1. The fraction of sp³-hybridized carbons (Fsp3) is 1.00. The Labute approximate surface area is 87.2 Å². The minimum absolute atomic E-state index is 0.742. The molecule has 1 rings (SSSR count). The zero-order chi connectivity index (χ0) is 10.1. The van der Waals surface area contributed by atoms with Crippen molar-refractivity contribution in [1.82, 2.24) is 5.32 Å². The lowest BCUT2D eigenvalue weighted by Gasteiger charge is -2.22. The summed E-state index contributed by atoms with van der Waals surface area (Å²) in [7, 11) is 1.76. The van der Waals surface area contributed by atoms with Crippen LogP contribution in [0.1, 0.15) is 25.7 Å². The van der Waals surface area contributed by atoms with E-state index in [1.165, 1.54) is 19.3 Å². The van der Waals surface area contributed by atoms with Gasteiger partial charge < -0.3 is 14.8 Å². The highest BCUT2D eigenvalue weighted by Gasteiger charge is 2.12. The third-order valence-electron chi connectivity index (χ3n) is 2.64. The zero-order valence-corrected chi connectivity index (χ0v) is 9.26. The molecule has 84 valence electrons. The van der Waals surface area contributed by atoms with E-state index in [1.807, 2.05) is 0 Å². The van der Waals surface area contributed by atoms with Gasteiger partial charge in [-0.05, 0) is 38.1 Å². The monoisotopic (exact) mass is 201 g/mol. The first-order chi connectivity index (χ1) is 6.93. The van der Waals surface area contributed by atoms with Gasteiger partial charge >= 0.3 is 0 Å². The summed E-state index contributed by atoms with van der Waals surface area (Å²) < 4.78 is 10.4. The molecule has 1 heterocycles. The second-order valence-electron chi connectivity index (χ2n) is 3.99. The molecule has 14 heavy (non-hydrogen) atoms. The quantitative estimate of drug-likeness (QED) is 0.632. The molecule has 1 aliphatic heterocycles. The van der Waals surface area contributed by atoms with Crippen LogP contribution < -0.4 is 5.32 Å². The van der Waals surface area contributed by atoms with E-state index >= 15 is 0 Å². The molecule has 0 aromatic carbocycles. The van der Waals surface area contributed by atoms with Crippen LogP contribution in [0.2, 0.25) is 0 Å². The lowest BCUT2D eigenvalue weighted by atomic mass is 10.0. The largest absolute Gasteiger partial charge is 0.385 e. The highest BCUT2D eigenvalue weighted by molar-refractivity contribution is 4.65. The van der Waals surface area contributed by atoms with E-state index in [4.69, 9.17) is 9.47 Å². The first-order valence-electron chi connectivity index (χ1n) is 5.71. The predicted octanol–water partition coefficient (Wildman–Crippen LogP) is 1.43. The van der Waals surface area contributed by atoms with Crippen molar-refractivity contribution in [2.75, 3.05) is 40.0 Å². The third kappa shape index (κ3) is 5.58. The van der Waals surface area contributed by atoms with Crippen LogP contribution >= 0.6 is 0 Å². The Morgan fingerprint density at radius 3 is 3.07 bits per heavy atom. The molecule has 0 aromatic heterocycles. The Morgan fingerprint density at radius 1 is 1.43 bits per heavy atom. The Bertz CT molecular complexity index is 124. The number of hydrogen-bond donors (Lipinski definition) is 1. The van der Waals surface area contributed by atoms with Crippen molar-refractivity contribution < 1.29 is 9.47 Å². The Hall–Kier alpha value is -0.120. The molecule has 1 atom stereocenters. The number of methoxy groups -OCH3 is 1. The summed E-state index contributed by atoms with van der Waals surface area (Å²) in [6.07, 6.45) is 4.92. The second kappa shape index (κ2) is 8.21. The van der Waals surface area contributed by atoms with Gasteiger partial charge in [0.25, 0.3) is 0 Å². The van der Waals surface area contributed by atoms with Gasteiger partial charge in [-0.3, -0.25) is 0 Å². The topological polar surface area (TPSA) is 30.5 Å². The summed E-state index contributed by atoms with van der Waals surface area (Å²) in [5.74, 6) is 0.742. The first kappa shape index (κ1) is 12.0. The molecular weight excluding hydrogens is 178 g/mol. The fourth-order valence-corrected chi connectivity index (χ4v) is 1.77. The fourth-order valence-electron chi connectivity index (χ4n) is 1.77. The van der Waals surface area contributed by atoms with Gasteiger partial charge in [-0.15, -0.1) is 0 Å². The molecule has 1 N–H and O–H groups in total. The van der Waals surface area contributed by atoms with E-state index in [0.29, 0.717) is 0 Å². The molecule has 1 saturated heterocycles. The van der Waals surface area contributed by atoms with Crippen LogP contribution in [0.15, 0.2) is 0 Å². The van der Waals surface area contributed by atoms with Crippen LogP contribution in [-0.2, 0) is 9.47 Å². The summed E-state index contributed by atoms with van der Waals surface area (Å²) >= 11 is 0. The highest BCUT2D eigenvalue weighted by atomic mass is 16.5. The molecule has 0 aromatic rings. The second-order valence-corrected chi connectivity index (χ2v) is 3.99. The van der Waals surface area contributed by atoms with E-state index < -0.39 is 0 Å². The molecule has 0 spiro atoms. The van der Waals surface area contributed by atoms with Crippen LogP contribution in [0.4, 0.5) is 0 Å². The predicted molar refractivity (Wildman–Crippen MR) is 57.5 cm³/mol. The van der Waals surface area contributed by atoms with Gasteiger partial charge in [0.05, 0.1) is 6.61 Å². The number of rotatable bonds is 7. The van der Waals surface area contributed by atoms with Crippen molar-refractivity contribution in [2.45, 2.75) is 25.7 Å². The van der Waals surface area contributed by atoms with Crippen LogP contribution in [0, 0.1) is 5.92 Å². The molecule has 0 radical (unpaired) electrons. The molecule has 0 saturated carbocycles. The number of unbranched alkanes of at least 4 members (excludes halogenated alkanes) is 1. The number of hydrogen-bond acceptors (Lipinski definition) is 3. The van der Waals surface area contributed by atoms with Crippen molar-refractivity contribution in [3.63, 3.8) is 0 Å². The van der Waals surface area contributed by atoms with Gasteiger partial charge in [-0.1, -0.05) is 0 Å². The minimum atomic E-state index is 0.742. The van der Waals surface area contributed by atoms with Gasteiger partial charge in [0.15, 0.2) is 0 Å². The molecule has 0 bridgehead atoms. The lowest BCUT2D eigenvalue weighted by Crippen LogP contribution is -2.29. The van der Waals surface area contributed by atoms with E-state index in [1.54, 1.807) is 7.11 Å². The Kier molecular flexibility index (Phi) is 7.01. The number of ether oxygens (including phenoxy) is 2. The maximum Gasteiger partial charge on any atom is 0.0506 e. The molecule has 1 fully saturated rings. The van der Waals surface area contributed by atoms with E-state index in [2.05, 4.69) is 5.32 Å². The minimum Gasteiger partial charge on any atom is -0.385 e. The Morgan fingerprint density at radius 2 is 2.36 bits per heavy atom. The summed E-state index contributed by atoms with van der Waals surface area (Å²) in [6, 6.07) is 0. The zero-order valence-electron chi connectivity index (χ0n) is 9.26. The smallest absolute Gasteiger partial charge is 0.0506 e. The highest BCUT2D eigenvalue weighted by Crippen LogP contribution is 2.11. The van der Waals surface area contributed by atoms with Crippen molar-refractivity contribution >= 4 is 0 Å². The van der Waals surface area contributed by atoms with Crippen LogP contribution in [0.3, 0.4) is 0 Å². The van der Waals surface area contributed by atoms with Crippen molar-refractivity contribution in [2.24, 2.45) is 5.92 Å². The molecule has 3 heteroatoms. The molecule has 1 aliphatic rings. The summed E-state index contributed by atoms with van der Waals surface area (Å²) in [6.45, 7) is 5.02. The lowest BCUT2D eigenvalue weighted by molar-refractivity contribution is 0.0548. The normalized spacial score (nSPS) is 22.5. The van der Waals surface area contributed by atoms with Crippen molar-refractivity contribution in [3.8, 4) is 0 Å². The van der Waals surface area contributed by atoms with Crippen molar-refractivity contribution in [1.29, 1.82) is 0 Å². The molecule has 3 nitrogen and oxygen atoms in total. The average molecular weight is 201 g/mol. The molecular formula is C11H23NO2. The third-order valence-corrected chi connectivity index (χ3v) is 2.64. The Balaban J connectivity index is 1.82. The van der Waals surface area contributed by atoms with Gasteiger partial charge in [0.1, 0.15) is 0 Å². The maximum absolute atomic E-state index is 5.42. The van der Waals surface area contributed by atoms with Gasteiger partial charge in [0, 0.05) is 26.9 Å². The summed E-state index contributed by atoms with van der Waals surface area (Å²) in [4.78, 5) is 0. The van der Waals surface area contributed by atoms with Gasteiger partial charge in [0.2, 0.25) is 0 Å². The first-order valence-corrected chi connectivity index (χ1v) is 5.71.